The topological polar surface area (TPSA) is 69.6 Å². The molecule has 1 rings (SSSR count). The lowest BCUT2D eigenvalue weighted by atomic mass is 10.1. The lowest BCUT2D eigenvalue weighted by Crippen LogP contribution is -2.46. The third-order valence-electron chi connectivity index (χ3n) is 3.04. The highest BCUT2D eigenvalue weighted by atomic mass is 32.1. The fourth-order valence-corrected chi connectivity index (χ4v) is 2.68. The Labute approximate surface area is 123 Å². The van der Waals surface area contributed by atoms with E-state index in [9.17, 15) is 9.59 Å². The number of thiophene rings is 1. The minimum absolute atomic E-state index is 0.0235. The molecule has 1 aromatic heterocycles. The summed E-state index contributed by atoms with van der Waals surface area (Å²) >= 11 is 1.66. The average Bonchev–Trinajstić information content (AvgIpc) is 2.87. The predicted molar refractivity (Wildman–Crippen MR) is 80.1 cm³/mol. The highest BCUT2D eigenvalue weighted by Gasteiger charge is 2.20. The number of aliphatic carboxylic acids is 1. The van der Waals surface area contributed by atoms with Gasteiger partial charge in [-0.05, 0) is 25.3 Å². The van der Waals surface area contributed by atoms with Gasteiger partial charge in [-0.15, -0.1) is 11.3 Å². The van der Waals surface area contributed by atoms with Crippen molar-refractivity contribution in [1.29, 1.82) is 0 Å². The zero-order valence-corrected chi connectivity index (χ0v) is 12.9. The zero-order valence-electron chi connectivity index (χ0n) is 12.1. The van der Waals surface area contributed by atoms with Crippen molar-refractivity contribution in [1.82, 2.24) is 10.2 Å². The molecule has 2 unspecified atom stereocenters. The number of urea groups is 1. The molecule has 112 valence electrons. The molecular weight excluding hydrogens is 276 g/mol. The first-order valence-electron chi connectivity index (χ1n) is 6.74. The Balaban J connectivity index is 2.47. The molecule has 0 fully saturated rings. The monoisotopic (exact) mass is 298 g/mol. The first-order valence-corrected chi connectivity index (χ1v) is 7.62. The van der Waals surface area contributed by atoms with Gasteiger partial charge in [0.25, 0.3) is 0 Å². The number of hydrogen-bond donors (Lipinski definition) is 2. The maximum Gasteiger partial charge on any atom is 0.317 e. The molecule has 2 atom stereocenters. The van der Waals surface area contributed by atoms with Crippen molar-refractivity contribution in [2.24, 2.45) is 5.92 Å². The first kappa shape index (κ1) is 16.5. The highest BCUT2D eigenvalue weighted by molar-refractivity contribution is 7.09. The molecule has 0 aromatic carbocycles. The third-order valence-corrected chi connectivity index (χ3v) is 3.94. The van der Waals surface area contributed by atoms with E-state index in [1.54, 1.807) is 18.3 Å². The SMILES string of the molecule is CCN(CC(C)C(=O)O)C(=O)NC(C)Cc1cccs1. The van der Waals surface area contributed by atoms with E-state index >= 15 is 0 Å². The Morgan fingerprint density at radius 3 is 2.65 bits per heavy atom. The first-order chi connectivity index (χ1) is 9.43. The van der Waals surface area contributed by atoms with E-state index < -0.39 is 11.9 Å². The van der Waals surface area contributed by atoms with Crippen molar-refractivity contribution in [3.8, 4) is 0 Å². The molecule has 2 N–H and O–H groups in total. The second-order valence-corrected chi connectivity index (χ2v) is 5.94. The van der Waals surface area contributed by atoms with Crippen molar-refractivity contribution >= 4 is 23.3 Å². The van der Waals surface area contributed by atoms with Gasteiger partial charge in [0, 0.05) is 30.4 Å². The van der Waals surface area contributed by atoms with Gasteiger partial charge in [-0.1, -0.05) is 13.0 Å². The van der Waals surface area contributed by atoms with E-state index in [4.69, 9.17) is 5.11 Å². The van der Waals surface area contributed by atoms with Crippen molar-refractivity contribution in [3.63, 3.8) is 0 Å². The fraction of sp³-hybridized carbons (Fsp3) is 0.571. The van der Waals surface area contributed by atoms with E-state index in [0.29, 0.717) is 6.54 Å². The van der Waals surface area contributed by atoms with Crippen LogP contribution in [0.1, 0.15) is 25.6 Å². The lowest BCUT2D eigenvalue weighted by Gasteiger charge is -2.25. The second-order valence-electron chi connectivity index (χ2n) is 4.91. The van der Waals surface area contributed by atoms with Crippen LogP contribution in [0.2, 0.25) is 0 Å². The molecule has 5 nitrogen and oxygen atoms in total. The summed E-state index contributed by atoms with van der Waals surface area (Å²) in [5, 5.41) is 13.8. The molecule has 20 heavy (non-hydrogen) atoms. The van der Waals surface area contributed by atoms with E-state index in [-0.39, 0.29) is 18.6 Å². The molecule has 0 bridgehead atoms. The molecule has 0 radical (unpaired) electrons. The molecular formula is C14H22N2O3S. The number of hydrogen-bond acceptors (Lipinski definition) is 3. The number of carboxylic acids is 1. The van der Waals surface area contributed by atoms with Gasteiger partial charge in [0.1, 0.15) is 0 Å². The zero-order chi connectivity index (χ0) is 15.1. The summed E-state index contributed by atoms with van der Waals surface area (Å²) in [6, 6.07) is 3.85. The summed E-state index contributed by atoms with van der Waals surface area (Å²) in [7, 11) is 0. The van der Waals surface area contributed by atoms with Crippen LogP contribution < -0.4 is 5.32 Å². The number of rotatable bonds is 7. The predicted octanol–water partition coefficient (Wildman–Crippen LogP) is 2.43. The fourth-order valence-electron chi connectivity index (χ4n) is 1.85. The Bertz CT molecular complexity index is 434. The van der Waals surface area contributed by atoms with Crippen molar-refractivity contribution in [2.75, 3.05) is 13.1 Å². The van der Waals surface area contributed by atoms with Gasteiger partial charge >= 0.3 is 12.0 Å². The van der Waals surface area contributed by atoms with Crippen LogP contribution in [0, 0.1) is 5.92 Å². The van der Waals surface area contributed by atoms with Crippen LogP contribution in [-0.4, -0.2) is 41.1 Å². The summed E-state index contributed by atoms with van der Waals surface area (Å²) in [4.78, 5) is 25.7. The van der Waals surface area contributed by atoms with Gasteiger partial charge < -0.3 is 15.3 Å². The summed E-state index contributed by atoms with van der Waals surface area (Å²) in [5.41, 5.74) is 0. The van der Waals surface area contributed by atoms with Crippen molar-refractivity contribution in [3.05, 3.63) is 22.4 Å². The molecule has 2 amide bonds. The summed E-state index contributed by atoms with van der Waals surface area (Å²) < 4.78 is 0. The van der Waals surface area contributed by atoms with E-state index in [1.807, 2.05) is 31.4 Å². The summed E-state index contributed by atoms with van der Waals surface area (Å²) in [6.45, 7) is 6.12. The quantitative estimate of drug-likeness (QED) is 0.812. The Hall–Kier alpha value is -1.56. The van der Waals surface area contributed by atoms with Crippen LogP contribution in [0.4, 0.5) is 4.79 Å². The van der Waals surface area contributed by atoms with Gasteiger partial charge in [-0.3, -0.25) is 4.79 Å². The van der Waals surface area contributed by atoms with E-state index in [0.717, 1.165) is 6.42 Å². The number of carbonyl (C=O) groups excluding carboxylic acids is 1. The van der Waals surface area contributed by atoms with Crippen LogP contribution in [0.25, 0.3) is 0 Å². The van der Waals surface area contributed by atoms with Gasteiger partial charge in [0.2, 0.25) is 0 Å². The van der Waals surface area contributed by atoms with Gasteiger partial charge in [-0.2, -0.15) is 0 Å². The standard InChI is InChI=1S/C14H22N2O3S/c1-4-16(9-10(2)13(17)18)14(19)15-11(3)8-12-6-5-7-20-12/h5-7,10-11H,4,8-9H2,1-3H3,(H,15,19)(H,17,18). The lowest BCUT2D eigenvalue weighted by molar-refractivity contribution is -0.141. The Morgan fingerprint density at radius 2 is 2.15 bits per heavy atom. The van der Waals surface area contributed by atoms with Crippen LogP contribution >= 0.6 is 11.3 Å². The molecule has 0 spiro atoms. The molecule has 0 aliphatic rings. The third kappa shape index (κ3) is 5.21. The molecule has 1 aromatic rings. The molecule has 0 aliphatic heterocycles. The van der Waals surface area contributed by atoms with Gasteiger partial charge in [-0.25, -0.2) is 4.79 Å². The van der Waals surface area contributed by atoms with Crippen molar-refractivity contribution in [2.45, 2.75) is 33.2 Å². The second kappa shape index (κ2) is 7.89. The number of amides is 2. The van der Waals surface area contributed by atoms with Crippen LogP contribution in [0.15, 0.2) is 17.5 Å². The number of carbonyl (C=O) groups is 2. The molecule has 0 saturated carbocycles. The maximum absolute atomic E-state index is 12.1. The van der Waals surface area contributed by atoms with Crippen LogP contribution in [0.5, 0.6) is 0 Å². The van der Waals surface area contributed by atoms with E-state index in [1.165, 1.54) is 9.78 Å². The van der Waals surface area contributed by atoms with Crippen molar-refractivity contribution < 1.29 is 14.7 Å². The molecule has 0 aliphatic carbocycles. The van der Waals surface area contributed by atoms with Gasteiger partial charge in [0.15, 0.2) is 0 Å². The molecule has 1 heterocycles. The number of nitrogens with one attached hydrogen (secondary N) is 1. The highest BCUT2D eigenvalue weighted by Crippen LogP contribution is 2.11. The van der Waals surface area contributed by atoms with E-state index in [2.05, 4.69) is 5.32 Å². The smallest absolute Gasteiger partial charge is 0.317 e. The average molecular weight is 298 g/mol. The Kier molecular flexibility index (Phi) is 6.51. The van der Waals surface area contributed by atoms with Crippen LogP contribution in [0.3, 0.4) is 0 Å². The normalized spacial score (nSPS) is 13.6. The Morgan fingerprint density at radius 1 is 1.45 bits per heavy atom. The summed E-state index contributed by atoms with van der Waals surface area (Å²) in [5.74, 6) is -1.45. The molecule has 0 saturated heterocycles. The number of carboxylic acid groups (broad SMARTS) is 1. The largest absolute Gasteiger partial charge is 0.481 e. The van der Waals surface area contributed by atoms with Gasteiger partial charge in [0.05, 0.1) is 5.92 Å². The minimum Gasteiger partial charge on any atom is -0.481 e. The van der Waals surface area contributed by atoms with Crippen LogP contribution in [-0.2, 0) is 11.2 Å². The number of nitrogens with zero attached hydrogens (tertiary/aromatic N) is 1. The minimum atomic E-state index is -0.886. The maximum atomic E-state index is 12.1. The molecule has 6 heteroatoms. The summed E-state index contributed by atoms with van der Waals surface area (Å²) in [6.07, 6.45) is 0.787.